The summed E-state index contributed by atoms with van der Waals surface area (Å²) in [7, 11) is 0. The number of ether oxygens (including phenoxy) is 1. The summed E-state index contributed by atoms with van der Waals surface area (Å²) < 4.78 is 59.8. The Bertz CT molecular complexity index is 343. The summed E-state index contributed by atoms with van der Waals surface area (Å²) in [4.78, 5) is 0. The molecule has 16 heavy (non-hydrogen) atoms. The molecule has 2 nitrogen and oxygen atoms in total. The molecule has 7 heteroatoms. The standard InChI is InChI=1S/C6H7N.C3HF5O/c7-6-4-2-1-3-5-6;4-1-2(5,6)3(7,8)9-1/h1-5H,7H2;1H. The van der Waals surface area contributed by atoms with Crippen LogP contribution in [-0.4, -0.2) is 18.4 Å². The molecule has 1 aliphatic heterocycles. The molecule has 1 saturated heterocycles. The summed E-state index contributed by atoms with van der Waals surface area (Å²) in [6.45, 7) is 0. The van der Waals surface area contributed by atoms with E-state index in [1.165, 1.54) is 0 Å². The van der Waals surface area contributed by atoms with Crippen molar-refractivity contribution in [2.45, 2.75) is 18.4 Å². The zero-order valence-corrected chi connectivity index (χ0v) is 7.84. The van der Waals surface area contributed by atoms with Crippen LogP contribution in [0.15, 0.2) is 30.3 Å². The number of hydrogen-bond acceptors (Lipinski definition) is 2. The molecule has 0 aromatic heterocycles. The highest BCUT2D eigenvalue weighted by molar-refractivity contribution is 5.35. The predicted molar refractivity (Wildman–Crippen MR) is 46.7 cm³/mol. The topological polar surface area (TPSA) is 35.2 Å². The van der Waals surface area contributed by atoms with Crippen molar-refractivity contribution in [3.8, 4) is 0 Å². The summed E-state index contributed by atoms with van der Waals surface area (Å²) in [6, 6.07) is 9.49. The van der Waals surface area contributed by atoms with Gasteiger partial charge in [-0.25, -0.2) is 4.39 Å². The highest BCUT2D eigenvalue weighted by atomic mass is 19.3. The molecule has 0 radical (unpaired) electrons. The zero-order chi connectivity index (χ0) is 12.4. The summed E-state index contributed by atoms with van der Waals surface area (Å²) in [5.41, 5.74) is 6.18. The third-order valence-electron chi connectivity index (χ3n) is 1.72. The summed E-state index contributed by atoms with van der Waals surface area (Å²) in [5, 5.41) is 0. The van der Waals surface area contributed by atoms with Gasteiger partial charge in [0.25, 0.3) is 6.36 Å². The first-order valence-electron chi connectivity index (χ1n) is 4.15. The number of nitrogens with two attached hydrogens (primary N) is 1. The Morgan fingerprint density at radius 3 is 1.69 bits per heavy atom. The van der Waals surface area contributed by atoms with Crippen molar-refractivity contribution in [1.29, 1.82) is 0 Å². The minimum absolute atomic E-state index is 0.822. The van der Waals surface area contributed by atoms with Crippen LogP contribution in [0.2, 0.25) is 0 Å². The van der Waals surface area contributed by atoms with Crippen molar-refractivity contribution in [1.82, 2.24) is 0 Å². The van der Waals surface area contributed by atoms with Gasteiger partial charge in [0.2, 0.25) is 0 Å². The second-order valence-electron chi connectivity index (χ2n) is 2.98. The summed E-state index contributed by atoms with van der Waals surface area (Å²) >= 11 is 0. The number of anilines is 1. The van der Waals surface area contributed by atoms with Gasteiger partial charge in [-0.2, -0.15) is 17.6 Å². The Labute approximate surface area is 87.8 Å². The van der Waals surface area contributed by atoms with E-state index in [0.717, 1.165) is 5.69 Å². The molecule has 0 saturated carbocycles. The maximum Gasteiger partial charge on any atom is 0.427 e. The highest BCUT2D eigenvalue weighted by Gasteiger charge is 2.75. The molecule has 0 amide bonds. The number of rotatable bonds is 0. The Kier molecular flexibility index (Phi) is 3.37. The fraction of sp³-hybridized carbons (Fsp3) is 0.333. The molecule has 0 aliphatic carbocycles. The lowest BCUT2D eigenvalue weighted by Crippen LogP contribution is -2.62. The van der Waals surface area contributed by atoms with Gasteiger partial charge in [-0.3, -0.25) is 4.74 Å². The molecule has 0 spiro atoms. The average Bonchev–Trinajstić information content (AvgIpc) is 2.19. The van der Waals surface area contributed by atoms with E-state index >= 15 is 0 Å². The molecule has 1 aliphatic rings. The number of nitrogen functional groups attached to an aromatic ring is 1. The Hall–Kier alpha value is -1.37. The van der Waals surface area contributed by atoms with Gasteiger partial charge in [0, 0.05) is 5.69 Å². The van der Waals surface area contributed by atoms with E-state index < -0.39 is 18.4 Å². The second kappa shape index (κ2) is 4.25. The molecule has 0 bridgehead atoms. The zero-order valence-electron chi connectivity index (χ0n) is 7.84. The van der Waals surface area contributed by atoms with Gasteiger partial charge in [-0.05, 0) is 12.1 Å². The van der Waals surface area contributed by atoms with E-state index in [2.05, 4.69) is 4.74 Å². The molecule has 1 atom stereocenters. The third-order valence-corrected chi connectivity index (χ3v) is 1.72. The van der Waals surface area contributed by atoms with E-state index in [9.17, 15) is 22.0 Å². The van der Waals surface area contributed by atoms with Gasteiger partial charge in [0.15, 0.2) is 0 Å². The highest BCUT2D eigenvalue weighted by Crippen LogP contribution is 2.49. The monoisotopic (exact) mass is 241 g/mol. The molecule has 2 rings (SSSR count). The van der Waals surface area contributed by atoms with E-state index in [1.807, 2.05) is 30.3 Å². The van der Waals surface area contributed by atoms with Gasteiger partial charge >= 0.3 is 12.0 Å². The molecule has 90 valence electrons. The van der Waals surface area contributed by atoms with Crippen molar-refractivity contribution >= 4 is 5.69 Å². The Balaban J connectivity index is 0.000000165. The first kappa shape index (κ1) is 12.7. The summed E-state index contributed by atoms with van der Waals surface area (Å²) in [6.07, 6.45) is -7.78. The van der Waals surface area contributed by atoms with Crippen LogP contribution in [-0.2, 0) is 4.74 Å². The minimum Gasteiger partial charge on any atom is -0.399 e. The van der Waals surface area contributed by atoms with Crippen LogP contribution in [0.4, 0.5) is 27.6 Å². The van der Waals surface area contributed by atoms with Crippen LogP contribution in [0.25, 0.3) is 0 Å². The lowest BCUT2D eigenvalue weighted by Gasteiger charge is -2.37. The second-order valence-corrected chi connectivity index (χ2v) is 2.98. The van der Waals surface area contributed by atoms with E-state index in [-0.39, 0.29) is 0 Å². The first-order valence-corrected chi connectivity index (χ1v) is 4.15. The molecular weight excluding hydrogens is 233 g/mol. The quantitative estimate of drug-likeness (QED) is 0.560. The lowest BCUT2D eigenvalue weighted by atomic mass is 10.2. The number of para-hydroxylation sites is 1. The van der Waals surface area contributed by atoms with Crippen LogP contribution in [0.3, 0.4) is 0 Å². The summed E-state index contributed by atoms with van der Waals surface area (Å²) in [5.74, 6) is -4.65. The minimum atomic E-state index is -4.65. The van der Waals surface area contributed by atoms with Crippen LogP contribution in [0.1, 0.15) is 0 Å². The lowest BCUT2D eigenvalue weighted by molar-refractivity contribution is -0.502. The fourth-order valence-electron chi connectivity index (χ4n) is 0.810. The van der Waals surface area contributed by atoms with Crippen molar-refractivity contribution in [2.75, 3.05) is 5.73 Å². The van der Waals surface area contributed by atoms with Crippen molar-refractivity contribution < 1.29 is 26.7 Å². The fourth-order valence-corrected chi connectivity index (χ4v) is 0.810. The molecule has 1 fully saturated rings. The van der Waals surface area contributed by atoms with Gasteiger partial charge in [0.05, 0.1) is 0 Å². The van der Waals surface area contributed by atoms with E-state index in [4.69, 9.17) is 5.73 Å². The number of alkyl halides is 5. The smallest absolute Gasteiger partial charge is 0.399 e. The van der Waals surface area contributed by atoms with Crippen LogP contribution < -0.4 is 5.73 Å². The molecule has 1 unspecified atom stereocenters. The molecule has 1 aromatic carbocycles. The van der Waals surface area contributed by atoms with E-state index in [1.54, 1.807) is 0 Å². The van der Waals surface area contributed by atoms with Crippen molar-refractivity contribution in [3.05, 3.63) is 30.3 Å². The van der Waals surface area contributed by atoms with Gasteiger partial charge < -0.3 is 5.73 Å². The van der Waals surface area contributed by atoms with Gasteiger partial charge in [-0.15, -0.1) is 0 Å². The molecule has 1 heterocycles. The molecule has 1 aromatic rings. The van der Waals surface area contributed by atoms with Crippen molar-refractivity contribution in [3.63, 3.8) is 0 Å². The van der Waals surface area contributed by atoms with Crippen molar-refractivity contribution in [2.24, 2.45) is 0 Å². The SMILES string of the molecule is FC1OC(F)(F)C1(F)F.Nc1ccccc1. The molecular formula is C9H8F5NO. The maximum absolute atomic E-state index is 11.5. The number of benzene rings is 1. The first-order chi connectivity index (χ1) is 7.27. The number of hydrogen-bond donors (Lipinski definition) is 1. The normalized spacial score (nSPS) is 24.9. The number of halogens is 5. The van der Waals surface area contributed by atoms with E-state index in [0.29, 0.717) is 0 Å². The Morgan fingerprint density at radius 1 is 1.06 bits per heavy atom. The third kappa shape index (κ3) is 2.41. The van der Waals surface area contributed by atoms with Crippen LogP contribution in [0.5, 0.6) is 0 Å². The predicted octanol–water partition coefficient (Wildman–Crippen LogP) is 2.81. The average molecular weight is 241 g/mol. The van der Waals surface area contributed by atoms with Crippen LogP contribution >= 0.6 is 0 Å². The Morgan fingerprint density at radius 2 is 1.56 bits per heavy atom. The largest absolute Gasteiger partial charge is 0.427 e. The maximum atomic E-state index is 11.5. The van der Waals surface area contributed by atoms with Gasteiger partial charge in [-0.1, -0.05) is 18.2 Å². The molecule has 2 N–H and O–H groups in total. The van der Waals surface area contributed by atoms with Gasteiger partial charge in [0.1, 0.15) is 0 Å². The van der Waals surface area contributed by atoms with Crippen LogP contribution in [0, 0.1) is 0 Å².